The Labute approximate surface area is 165 Å². The van der Waals surface area contributed by atoms with Gasteiger partial charge in [-0.05, 0) is 32.4 Å². The molecule has 0 saturated carbocycles. The molecule has 3 heterocycles. The van der Waals surface area contributed by atoms with Crippen LogP contribution in [0.1, 0.15) is 17.1 Å². The van der Waals surface area contributed by atoms with Gasteiger partial charge in [0.2, 0.25) is 5.91 Å². The Balaban J connectivity index is 1.64. The summed E-state index contributed by atoms with van der Waals surface area (Å²) >= 11 is 1.30. The molecule has 142 valence electrons. The Morgan fingerprint density at radius 2 is 1.96 bits per heavy atom. The van der Waals surface area contributed by atoms with E-state index >= 15 is 0 Å². The first-order chi connectivity index (χ1) is 13.5. The number of fused-ring (bicyclic) bond motifs is 1. The molecule has 0 fully saturated rings. The monoisotopic (exact) mass is 394 g/mol. The lowest BCUT2D eigenvalue weighted by Gasteiger charge is -2.04. The molecule has 0 unspecified atom stereocenters. The lowest BCUT2D eigenvalue weighted by atomic mass is 10.1. The third kappa shape index (κ3) is 3.61. The highest BCUT2D eigenvalue weighted by Gasteiger charge is 2.18. The minimum atomic E-state index is -0.254. The Morgan fingerprint density at radius 1 is 1.18 bits per heavy atom. The summed E-state index contributed by atoms with van der Waals surface area (Å²) in [6, 6.07) is 12.1. The van der Waals surface area contributed by atoms with Gasteiger partial charge in [0.15, 0.2) is 11.0 Å². The lowest BCUT2D eigenvalue weighted by Crippen LogP contribution is -2.14. The number of hydrogen-bond donors (Lipinski definition) is 1. The maximum Gasteiger partial charge on any atom is 0.328 e. The molecule has 28 heavy (non-hydrogen) atoms. The van der Waals surface area contributed by atoms with E-state index < -0.39 is 0 Å². The molecule has 0 atom stereocenters. The van der Waals surface area contributed by atoms with Gasteiger partial charge in [-0.25, -0.2) is 9.50 Å². The zero-order valence-corrected chi connectivity index (χ0v) is 16.4. The van der Waals surface area contributed by atoms with Gasteiger partial charge in [0.05, 0.1) is 22.7 Å². The Kier molecular flexibility index (Phi) is 4.82. The van der Waals surface area contributed by atoms with E-state index in [-0.39, 0.29) is 17.7 Å². The van der Waals surface area contributed by atoms with Gasteiger partial charge in [-0.3, -0.25) is 10.1 Å². The molecule has 0 aliphatic carbocycles. The summed E-state index contributed by atoms with van der Waals surface area (Å²) in [4.78, 5) is 21.0. The van der Waals surface area contributed by atoms with Crippen molar-refractivity contribution in [3.8, 4) is 11.3 Å². The Bertz CT molecular complexity index is 1150. The third-order valence-electron chi connectivity index (χ3n) is 4.03. The number of nitrogens with one attached hydrogen (secondary N) is 1. The number of carbonyl (C=O) groups is 1. The molecule has 0 spiro atoms. The summed E-state index contributed by atoms with van der Waals surface area (Å²) in [6.45, 7) is 5.66. The molecule has 8 nitrogen and oxygen atoms in total. The van der Waals surface area contributed by atoms with Crippen LogP contribution in [-0.4, -0.2) is 36.4 Å². The molecular formula is C19H18N6O2S. The average Bonchev–Trinajstić information content (AvgIpc) is 3.24. The molecule has 1 N–H and O–H groups in total. The molecule has 9 heteroatoms. The molecule has 0 saturated heterocycles. The predicted octanol–water partition coefficient (Wildman–Crippen LogP) is 3.44. The molecule has 1 amide bonds. The largest absolute Gasteiger partial charge is 0.328 e. The van der Waals surface area contributed by atoms with Crippen LogP contribution in [0, 0.1) is 20.8 Å². The zero-order valence-electron chi connectivity index (χ0n) is 15.6. The second-order valence-corrected chi connectivity index (χ2v) is 7.26. The summed E-state index contributed by atoms with van der Waals surface area (Å²) < 4.78 is 6.72. The molecule has 0 aliphatic heterocycles. The third-order valence-corrected chi connectivity index (χ3v) is 4.96. The summed E-state index contributed by atoms with van der Waals surface area (Å²) in [5.74, 6) is 0.351. The highest BCUT2D eigenvalue weighted by atomic mass is 32.2. The van der Waals surface area contributed by atoms with E-state index in [0.29, 0.717) is 11.0 Å². The van der Waals surface area contributed by atoms with Crippen molar-refractivity contribution < 1.29 is 9.32 Å². The van der Waals surface area contributed by atoms with Crippen molar-refractivity contribution in [3.63, 3.8) is 0 Å². The number of imidazole rings is 1. The SMILES string of the molecule is Cc1cc(C)c2c(-c3ccccc3)nc(SCC(=O)Nc3nc(C)no3)n2n1. The molecular weight excluding hydrogens is 376 g/mol. The number of aryl methyl sites for hydroxylation is 3. The number of benzene rings is 1. The standard InChI is InChI=1S/C19H18N6O2S/c1-11-9-12(2)23-25-17(11)16(14-7-5-4-6-8-14)22-19(25)28-10-15(26)21-18-20-13(3)24-27-18/h4-9H,10H2,1-3H3,(H,20,21,24,26). The van der Waals surface area contributed by atoms with Crippen LogP contribution >= 0.6 is 11.8 Å². The first-order valence-electron chi connectivity index (χ1n) is 8.66. The maximum atomic E-state index is 12.2. The van der Waals surface area contributed by atoms with Crippen LogP contribution in [0.5, 0.6) is 0 Å². The average molecular weight is 394 g/mol. The summed E-state index contributed by atoms with van der Waals surface area (Å²) in [6.07, 6.45) is 0. The second kappa shape index (κ2) is 7.43. The normalized spacial score (nSPS) is 11.1. The lowest BCUT2D eigenvalue weighted by molar-refractivity contribution is -0.114. The first kappa shape index (κ1) is 18.2. The topological polar surface area (TPSA) is 98.2 Å². The predicted molar refractivity (Wildman–Crippen MR) is 106 cm³/mol. The number of carbonyl (C=O) groups excluding carboxylic acids is 1. The van der Waals surface area contributed by atoms with Crippen LogP contribution in [0.4, 0.5) is 6.01 Å². The Hall–Kier alpha value is -3.20. The van der Waals surface area contributed by atoms with Gasteiger partial charge in [-0.1, -0.05) is 47.3 Å². The highest BCUT2D eigenvalue weighted by molar-refractivity contribution is 7.99. The number of hydrogen-bond acceptors (Lipinski definition) is 7. The summed E-state index contributed by atoms with van der Waals surface area (Å²) in [5.41, 5.74) is 4.76. The fourth-order valence-corrected chi connectivity index (χ4v) is 3.67. The van der Waals surface area contributed by atoms with Gasteiger partial charge in [-0.15, -0.1) is 0 Å². The van der Waals surface area contributed by atoms with Gasteiger partial charge in [-0.2, -0.15) is 10.1 Å². The summed E-state index contributed by atoms with van der Waals surface area (Å²) in [7, 11) is 0. The van der Waals surface area contributed by atoms with Crippen LogP contribution in [0.15, 0.2) is 46.1 Å². The Morgan fingerprint density at radius 3 is 2.68 bits per heavy atom. The number of nitrogens with zero attached hydrogens (tertiary/aromatic N) is 5. The van der Waals surface area contributed by atoms with E-state index in [1.165, 1.54) is 11.8 Å². The van der Waals surface area contributed by atoms with Crippen molar-refractivity contribution >= 4 is 29.2 Å². The minimum absolute atomic E-state index is 0.0888. The molecule has 3 aromatic heterocycles. The number of amides is 1. The van der Waals surface area contributed by atoms with E-state index in [9.17, 15) is 4.79 Å². The number of anilines is 1. The minimum Gasteiger partial charge on any atom is -0.315 e. The smallest absolute Gasteiger partial charge is 0.315 e. The van der Waals surface area contributed by atoms with E-state index in [1.807, 2.05) is 54.8 Å². The molecule has 0 aliphatic rings. The first-order valence-corrected chi connectivity index (χ1v) is 9.65. The number of aromatic nitrogens is 5. The van der Waals surface area contributed by atoms with Crippen molar-refractivity contribution in [3.05, 3.63) is 53.5 Å². The van der Waals surface area contributed by atoms with Crippen molar-refractivity contribution in [2.24, 2.45) is 0 Å². The van der Waals surface area contributed by atoms with Crippen molar-refractivity contribution in [1.29, 1.82) is 0 Å². The highest BCUT2D eigenvalue weighted by Crippen LogP contribution is 2.30. The van der Waals surface area contributed by atoms with Gasteiger partial charge in [0.1, 0.15) is 0 Å². The second-order valence-electron chi connectivity index (χ2n) is 6.32. The van der Waals surface area contributed by atoms with Crippen LogP contribution in [0.2, 0.25) is 0 Å². The molecule has 1 aromatic carbocycles. The maximum absolute atomic E-state index is 12.2. The summed E-state index contributed by atoms with van der Waals surface area (Å²) in [5, 5.41) is 11.5. The quantitative estimate of drug-likeness (QED) is 0.518. The van der Waals surface area contributed by atoms with Gasteiger partial charge < -0.3 is 4.52 Å². The van der Waals surface area contributed by atoms with Crippen molar-refractivity contribution in [2.45, 2.75) is 25.9 Å². The van der Waals surface area contributed by atoms with Crippen LogP contribution in [0.25, 0.3) is 16.8 Å². The van der Waals surface area contributed by atoms with Crippen molar-refractivity contribution in [2.75, 3.05) is 11.1 Å². The molecule has 0 bridgehead atoms. The van der Waals surface area contributed by atoms with Crippen LogP contribution < -0.4 is 5.32 Å². The van der Waals surface area contributed by atoms with E-state index in [2.05, 4.69) is 20.6 Å². The van der Waals surface area contributed by atoms with Gasteiger partial charge in [0, 0.05) is 5.56 Å². The molecule has 4 aromatic rings. The van der Waals surface area contributed by atoms with Gasteiger partial charge in [0.25, 0.3) is 0 Å². The molecule has 4 rings (SSSR count). The fraction of sp³-hybridized carbons (Fsp3) is 0.211. The van der Waals surface area contributed by atoms with Gasteiger partial charge >= 0.3 is 6.01 Å². The van der Waals surface area contributed by atoms with E-state index in [1.54, 1.807) is 6.92 Å². The molecule has 0 radical (unpaired) electrons. The number of rotatable bonds is 5. The van der Waals surface area contributed by atoms with Crippen molar-refractivity contribution in [1.82, 2.24) is 24.7 Å². The van der Waals surface area contributed by atoms with Crippen LogP contribution in [0.3, 0.4) is 0 Å². The number of thioether (sulfide) groups is 1. The fourth-order valence-electron chi connectivity index (χ4n) is 2.93. The zero-order chi connectivity index (χ0) is 19.7. The van der Waals surface area contributed by atoms with E-state index in [0.717, 1.165) is 28.0 Å². The van der Waals surface area contributed by atoms with Crippen LogP contribution in [-0.2, 0) is 4.79 Å². The van der Waals surface area contributed by atoms with E-state index in [4.69, 9.17) is 9.51 Å².